The van der Waals surface area contributed by atoms with Crippen LogP contribution in [-0.2, 0) is 16.6 Å². The van der Waals surface area contributed by atoms with E-state index in [0.717, 1.165) is 12.8 Å². The Hall–Kier alpha value is -1.11. The fourth-order valence-electron chi connectivity index (χ4n) is 2.22. The quantitative estimate of drug-likeness (QED) is 0.767. The Morgan fingerprint density at radius 3 is 2.39 bits per heavy atom. The summed E-state index contributed by atoms with van der Waals surface area (Å²) >= 11 is 0. The first kappa shape index (κ1) is 14.9. The highest BCUT2D eigenvalue weighted by molar-refractivity contribution is 5.77. The van der Waals surface area contributed by atoms with Gasteiger partial charge in [0, 0.05) is 5.92 Å². The maximum atomic E-state index is 11.2. The van der Waals surface area contributed by atoms with Crippen molar-refractivity contribution in [2.75, 3.05) is 0 Å². The molecule has 0 amide bonds. The summed E-state index contributed by atoms with van der Waals surface area (Å²) in [6.07, 6.45) is 1.94. The maximum absolute atomic E-state index is 11.2. The number of rotatable bonds is 4. The van der Waals surface area contributed by atoms with E-state index in [2.05, 4.69) is 45.9 Å². The number of carbonyl (C=O) groups excluding carboxylic acids is 1. The zero-order valence-corrected chi connectivity index (χ0v) is 12.6. The monoisotopic (exact) mass is 246 g/mol. The maximum Gasteiger partial charge on any atom is 0.132 e. The van der Waals surface area contributed by atoms with Gasteiger partial charge in [0.25, 0.3) is 0 Å². The Balaban J connectivity index is 2.83. The average Bonchev–Trinajstić information content (AvgIpc) is 2.25. The fourth-order valence-corrected chi connectivity index (χ4v) is 2.22. The van der Waals surface area contributed by atoms with E-state index in [0.29, 0.717) is 0 Å². The minimum absolute atomic E-state index is 0.171. The smallest absolute Gasteiger partial charge is 0.132 e. The molecule has 100 valence electrons. The van der Waals surface area contributed by atoms with Crippen molar-refractivity contribution in [1.29, 1.82) is 0 Å². The third-order valence-electron chi connectivity index (χ3n) is 3.67. The van der Waals surface area contributed by atoms with Crippen LogP contribution in [0.25, 0.3) is 0 Å². The van der Waals surface area contributed by atoms with Crippen LogP contribution in [0.1, 0.15) is 57.7 Å². The molecular weight excluding hydrogens is 220 g/mol. The molecule has 0 radical (unpaired) electrons. The van der Waals surface area contributed by atoms with Crippen molar-refractivity contribution in [3.05, 3.63) is 34.9 Å². The second kappa shape index (κ2) is 5.69. The van der Waals surface area contributed by atoms with Crippen LogP contribution in [0.5, 0.6) is 0 Å². The number of ketones is 1. The Bertz CT molecular complexity index is 424. The van der Waals surface area contributed by atoms with Crippen molar-refractivity contribution in [3.63, 3.8) is 0 Å². The molecule has 1 atom stereocenters. The Labute approximate surface area is 112 Å². The highest BCUT2D eigenvalue weighted by Crippen LogP contribution is 2.27. The molecule has 0 aromatic heterocycles. The van der Waals surface area contributed by atoms with Crippen LogP contribution in [0, 0.1) is 12.8 Å². The predicted molar refractivity (Wildman–Crippen MR) is 78.0 cm³/mol. The van der Waals surface area contributed by atoms with Gasteiger partial charge in [-0.05, 0) is 48.8 Å². The summed E-state index contributed by atoms with van der Waals surface area (Å²) in [4.78, 5) is 11.2. The molecule has 0 spiro atoms. The van der Waals surface area contributed by atoms with Crippen molar-refractivity contribution in [2.24, 2.45) is 5.92 Å². The molecule has 1 rings (SSSR count). The summed E-state index contributed by atoms with van der Waals surface area (Å²) in [5.41, 5.74) is 4.30. The van der Waals surface area contributed by atoms with E-state index in [1.165, 1.54) is 16.7 Å². The largest absolute Gasteiger partial charge is 0.300 e. The molecule has 1 heteroatoms. The molecule has 0 heterocycles. The molecule has 0 saturated heterocycles. The Morgan fingerprint density at radius 2 is 1.89 bits per heavy atom. The lowest BCUT2D eigenvalue weighted by molar-refractivity contribution is -0.120. The van der Waals surface area contributed by atoms with Crippen LogP contribution in [0.15, 0.2) is 18.2 Å². The number of hydrogen-bond donors (Lipinski definition) is 0. The highest BCUT2D eigenvalue weighted by atomic mass is 16.1. The molecule has 0 aliphatic rings. The Morgan fingerprint density at radius 1 is 1.28 bits per heavy atom. The zero-order chi connectivity index (χ0) is 13.9. The van der Waals surface area contributed by atoms with Gasteiger partial charge in [0.1, 0.15) is 5.78 Å². The normalized spacial score (nSPS) is 13.4. The second-order valence-corrected chi connectivity index (χ2v) is 6.45. The van der Waals surface area contributed by atoms with Crippen molar-refractivity contribution >= 4 is 5.78 Å². The first-order valence-electron chi connectivity index (χ1n) is 6.82. The van der Waals surface area contributed by atoms with E-state index in [4.69, 9.17) is 0 Å². The van der Waals surface area contributed by atoms with Crippen LogP contribution in [-0.4, -0.2) is 5.78 Å². The predicted octanol–water partition coefficient (Wildman–Crippen LogP) is 4.45. The lowest BCUT2D eigenvalue weighted by Crippen LogP contribution is -2.14. The van der Waals surface area contributed by atoms with Gasteiger partial charge in [-0.25, -0.2) is 0 Å². The van der Waals surface area contributed by atoms with E-state index >= 15 is 0 Å². The topological polar surface area (TPSA) is 17.1 Å². The molecule has 1 aromatic rings. The van der Waals surface area contributed by atoms with Gasteiger partial charge in [-0.1, -0.05) is 45.9 Å². The van der Waals surface area contributed by atoms with Gasteiger partial charge in [-0.2, -0.15) is 0 Å². The molecule has 0 N–H and O–H groups in total. The minimum atomic E-state index is 0.171. The molecule has 0 bridgehead atoms. The molecular formula is C17H26O. The number of carbonyl (C=O) groups is 1. The summed E-state index contributed by atoms with van der Waals surface area (Å²) in [6.45, 7) is 12.6. The van der Waals surface area contributed by atoms with Gasteiger partial charge in [0.2, 0.25) is 0 Å². The molecule has 0 aliphatic carbocycles. The van der Waals surface area contributed by atoms with E-state index < -0.39 is 0 Å². The van der Waals surface area contributed by atoms with E-state index in [9.17, 15) is 4.79 Å². The third kappa shape index (κ3) is 3.97. The van der Waals surface area contributed by atoms with Gasteiger partial charge < -0.3 is 0 Å². The molecule has 0 aliphatic heterocycles. The molecule has 0 saturated carbocycles. The highest BCUT2D eigenvalue weighted by Gasteiger charge is 2.16. The lowest BCUT2D eigenvalue weighted by atomic mass is 9.82. The number of hydrogen-bond acceptors (Lipinski definition) is 1. The van der Waals surface area contributed by atoms with Gasteiger partial charge in [0.05, 0.1) is 0 Å². The summed E-state index contributed by atoms with van der Waals surface area (Å²) in [7, 11) is 0. The average molecular weight is 246 g/mol. The molecule has 1 unspecified atom stereocenters. The third-order valence-corrected chi connectivity index (χ3v) is 3.67. The van der Waals surface area contributed by atoms with Crippen LogP contribution in [0.3, 0.4) is 0 Å². The summed E-state index contributed by atoms with van der Waals surface area (Å²) < 4.78 is 0. The van der Waals surface area contributed by atoms with Crippen LogP contribution in [0.4, 0.5) is 0 Å². The first-order valence-corrected chi connectivity index (χ1v) is 6.82. The molecule has 0 fully saturated rings. The van der Waals surface area contributed by atoms with Crippen molar-refractivity contribution in [2.45, 2.75) is 59.8 Å². The number of Topliss-reactive ketones (excluding diaryl/α,β-unsaturated/α-hetero) is 1. The van der Waals surface area contributed by atoms with E-state index in [1.807, 2.05) is 6.92 Å². The molecule has 1 nitrogen and oxygen atoms in total. The van der Waals surface area contributed by atoms with Gasteiger partial charge >= 0.3 is 0 Å². The van der Waals surface area contributed by atoms with Gasteiger partial charge in [0.15, 0.2) is 0 Å². The Kier molecular flexibility index (Phi) is 4.72. The van der Waals surface area contributed by atoms with E-state index in [1.54, 1.807) is 6.92 Å². The summed E-state index contributed by atoms with van der Waals surface area (Å²) in [5.74, 6) is 0.461. The molecule has 18 heavy (non-hydrogen) atoms. The summed E-state index contributed by atoms with van der Waals surface area (Å²) in [6, 6.07) is 6.70. The SMILES string of the molecule is CC(=O)C(C)CCc1ccc(C)c(C(C)(C)C)c1. The number of benzene rings is 1. The fraction of sp³-hybridized carbons (Fsp3) is 0.588. The molecule has 1 aromatic carbocycles. The summed E-state index contributed by atoms with van der Waals surface area (Å²) in [5, 5.41) is 0. The lowest BCUT2D eigenvalue weighted by Gasteiger charge is -2.22. The zero-order valence-electron chi connectivity index (χ0n) is 12.6. The van der Waals surface area contributed by atoms with Crippen molar-refractivity contribution < 1.29 is 4.79 Å². The standard InChI is InChI=1S/C17H26O/c1-12(14(3)18)7-9-15-10-8-13(2)16(11-15)17(4,5)6/h8,10-12H,7,9H2,1-6H3. The first-order chi connectivity index (χ1) is 8.21. The number of aryl methyl sites for hydroxylation is 2. The van der Waals surface area contributed by atoms with Crippen LogP contribution < -0.4 is 0 Å². The van der Waals surface area contributed by atoms with Gasteiger partial charge in [-0.3, -0.25) is 4.79 Å². The van der Waals surface area contributed by atoms with Gasteiger partial charge in [-0.15, -0.1) is 0 Å². The second-order valence-electron chi connectivity index (χ2n) is 6.45. The minimum Gasteiger partial charge on any atom is -0.300 e. The van der Waals surface area contributed by atoms with Crippen molar-refractivity contribution in [3.8, 4) is 0 Å². The van der Waals surface area contributed by atoms with Crippen LogP contribution >= 0.6 is 0 Å². The van der Waals surface area contributed by atoms with E-state index in [-0.39, 0.29) is 17.1 Å². The van der Waals surface area contributed by atoms with Crippen LogP contribution in [0.2, 0.25) is 0 Å². The van der Waals surface area contributed by atoms with Crippen molar-refractivity contribution in [1.82, 2.24) is 0 Å².